The molecule has 0 bridgehead atoms. The number of benzene rings is 1. The van der Waals surface area contributed by atoms with Gasteiger partial charge in [0.25, 0.3) is 15.9 Å². The van der Waals surface area contributed by atoms with Crippen molar-refractivity contribution >= 4 is 33.0 Å². The number of sulfonamides is 1. The van der Waals surface area contributed by atoms with Crippen LogP contribution in [0, 0.1) is 6.92 Å². The van der Waals surface area contributed by atoms with E-state index < -0.39 is 10.0 Å². The number of hydrogen-bond donors (Lipinski definition) is 1. The van der Waals surface area contributed by atoms with Crippen molar-refractivity contribution in [3.63, 3.8) is 0 Å². The summed E-state index contributed by atoms with van der Waals surface area (Å²) >= 11 is 1.66. The second kappa shape index (κ2) is 8.12. The van der Waals surface area contributed by atoms with E-state index >= 15 is 0 Å². The lowest BCUT2D eigenvalue weighted by atomic mass is 10.1. The first-order valence-electron chi connectivity index (χ1n) is 8.64. The number of carbonyl (C=O) groups excluding carboxylic acids is 1. The number of aryl methyl sites for hydroxylation is 1. The van der Waals surface area contributed by atoms with Crippen LogP contribution in [0.15, 0.2) is 65.8 Å². The van der Waals surface area contributed by atoms with Crippen LogP contribution in [0.1, 0.15) is 33.1 Å². The molecule has 0 aliphatic rings. The van der Waals surface area contributed by atoms with Crippen LogP contribution in [0.3, 0.4) is 0 Å². The number of rotatable bonds is 6. The van der Waals surface area contributed by atoms with Crippen LogP contribution in [0.25, 0.3) is 0 Å². The zero-order valence-electron chi connectivity index (χ0n) is 15.8. The number of aromatic nitrogens is 1. The van der Waals surface area contributed by atoms with Crippen LogP contribution >= 0.6 is 11.3 Å². The van der Waals surface area contributed by atoms with Gasteiger partial charge in [-0.25, -0.2) is 8.42 Å². The van der Waals surface area contributed by atoms with Crippen LogP contribution < -0.4 is 4.72 Å². The fourth-order valence-electron chi connectivity index (χ4n) is 2.66. The normalized spacial score (nSPS) is 12.4. The van der Waals surface area contributed by atoms with E-state index in [1.165, 1.54) is 41.5 Å². The fourth-order valence-corrected chi connectivity index (χ4v) is 4.69. The third kappa shape index (κ3) is 4.40. The molecule has 146 valence electrons. The van der Waals surface area contributed by atoms with Crippen molar-refractivity contribution in [1.82, 2.24) is 9.88 Å². The molecule has 1 amide bonds. The first-order chi connectivity index (χ1) is 13.3. The van der Waals surface area contributed by atoms with Crippen LogP contribution in [0.5, 0.6) is 0 Å². The van der Waals surface area contributed by atoms with Gasteiger partial charge in [-0.1, -0.05) is 0 Å². The minimum Gasteiger partial charge on any atom is -0.334 e. The van der Waals surface area contributed by atoms with Crippen LogP contribution in [0.2, 0.25) is 0 Å². The Bertz CT molecular complexity index is 1060. The number of hydrogen-bond acceptors (Lipinski definition) is 5. The van der Waals surface area contributed by atoms with E-state index in [4.69, 9.17) is 0 Å². The van der Waals surface area contributed by atoms with Gasteiger partial charge in [-0.05, 0) is 62.4 Å². The van der Waals surface area contributed by atoms with Gasteiger partial charge in [-0.15, -0.1) is 11.3 Å². The minimum absolute atomic E-state index is 0.0667. The second-order valence-corrected chi connectivity index (χ2v) is 9.41. The largest absolute Gasteiger partial charge is 0.334 e. The van der Waals surface area contributed by atoms with Gasteiger partial charge in [0.2, 0.25) is 0 Å². The molecule has 1 atom stereocenters. The summed E-state index contributed by atoms with van der Waals surface area (Å²) in [6.07, 6.45) is 3.01. The summed E-state index contributed by atoms with van der Waals surface area (Å²) in [5.74, 6) is -0.162. The van der Waals surface area contributed by atoms with E-state index in [2.05, 4.69) is 9.71 Å². The molecule has 3 aromatic rings. The van der Waals surface area contributed by atoms with E-state index in [0.29, 0.717) is 11.3 Å². The highest BCUT2D eigenvalue weighted by molar-refractivity contribution is 7.92. The number of thiophene rings is 1. The van der Waals surface area contributed by atoms with Gasteiger partial charge in [0.1, 0.15) is 0 Å². The van der Waals surface area contributed by atoms with Gasteiger partial charge >= 0.3 is 0 Å². The molecule has 0 unspecified atom stereocenters. The van der Waals surface area contributed by atoms with Crippen LogP contribution in [-0.2, 0) is 10.0 Å². The summed E-state index contributed by atoms with van der Waals surface area (Å²) in [5, 5.41) is 0. The van der Waals surface area contributed by atoms with Crippen LogP contribution in [-0.4, -0.2) is 31.3 Å². The molecule has 2 heterocycles. The predicted molar refractivity (Wildman–Crippen MR) is 111 cm³/mol. The minimum atomic E-state index is -3.73. The number of anilines is 1. The SMILES string of the molecule is Cc1ccc([C@@H](C)N(C)C(=O)c2ccc(S(=O)(=O)Nc3ccncc3)cc2)s1. The number of nitrogens with zero attached hydrogens (tertiary/aromatic N) is 2. The highest BCUT2D eigenvalue weighted by Crippen LogP contribution is 2.27. The Hall–Kier alpha value is -2.71. The van der Waals surface area contributed by atoms with Gasteiger partial charge < -0.3 is 4.90 Å². The van der Waals surface area contributed by atoms with Gasteiger partial charge in [-0.3, -0.25) is 14.5 Å². The van der Waals surface area contributed by atoms with Crippen molar-refractivity contribution in [1.29, 1.82) is 0 Å². The third-order valence-corrected chi connectivity index (χ3v) is 6.99. The monoisotopic (exact) mass is 415 g/mol. The molecule has 0 fully saturated rings. The Morgan fingerprint density at radius 3 is 2.29 bits per heavy atom. The average molecular weight is 416 g/mol. The number of pyridine rings is 1. The standard InChI is InChI=1S/C20H21N3O3S2/c1-14-4-9-19(27-14)15(2)23(3)20(24)16-5-7-18(8-6-16)28(25,26)22-17-10-12-21-13-11-17/h4-13,15H,1-3H3,(H,21,22)/t15-/m1/s1. The van der Waals surface area contributed by atoms with E-state index in [1.807, 2.05) is 26.0 Å². The first-order valence-corrected chi connectivity index (χ1v) is 10.9. The second-order valence-electron chi connectivity index (χ2n) is 6.41. The van der Waals surface area contributed by atoms with Crippen molar-refractivity contribution in [2.24, 2.45) is 0 Å². The van der Waals surface area contributed by atoms with E-state index in [-0.39, 0.29) is 16.8 Å². The molecule has 0 spiro atoms. The first kappa shape index (κ1) is 20.0. The summed E-state index contributed by atoms with van der Waals surface area (Å²) in [7, 11) is -1.99. The molecule has 28 heavy (non-hydrogen) atoms. The Balaban J connectivity index is 1.75. The van der Waals surface area contributed by atoms with Gasteiger partial charge in [0, 0.05) is 34.8 Å². The quantitative estimate of drug-likeness (QED) is 0.658. The molecule has 8 heteroatoms. The highest BCUT2D eigenvalue weighted by atomic mass is 32.2. The molecule has 6 nitrogen and oxygen atoms in total. The molecule has 0 saturated carbocycles. The number of amides is 1. The highest BCUT2D eigenvalue weighted by Gasteiger charge is 2.21. The lowest BCUT2D eigenvalue weighted by Gasteiger charge is -2.24. The van der Waals surface area contributed by atoms with Crippen LogP contribution in [0.4, 0.5) is 5.69 Å². The van der Waals surface area contributed by atoms with Gasteiger partial charge in [0.05, 0.1) is 16.6 Å². The van der Waals surface area contributed by atoms with E-state index in [0.717, 1.165) is 4.88 Å². The molecular formula is C20H21N3O3S2. The molecule has 1 aromatic carbocycles. The van der Waals surface area contributed by atoms with Gasteiger partial charge in [-0.2, -0.15) is 0 Å². The van der Waals surface area contributed by atoms with E-state index in [9.17, 15) is 13.2 Å². The lowest BCUT2D eigenvalue weighted by molar-refractivity contribution is 0.0745. The third-order valence-electron chi connectivity index (χ3n) is 4.42. The molecule has 3 rings (SSSR count). The maximum absolute atomic E-state index is 12.8. The summed E-state index contributed by atoms with van der Waals surface area (Å²) in [6, 6.07) is 13.1. The van der Waals surface area contributed by atoms with Gasteiger partial charge in [0.15, 0.2) is 0 Å². The predicted octanol–water partition coefficient (Wildman–Crippen LogP) is 4.09. The Kier molecular flexibility index (Phi) is 5.81. The van der Waals surface area contributed by atoms with E-state index in [1.54, 1.807) is 35.4 Å². The van der Waals surface area contributed by atoms with Crippen molar-refractivity contribution in [2.45, 2.75) is 24.8 Å². The zero-order chi connectivity index (χ0) is 20.3. The smallest absolute Gasteiger partial charge is 0.261 e. The molecule has 1 N–H and O–H groups in total. The molecular weight excluding hydrogens is 394 g/mol. The fraction of sp³-hybridized carbons (Fsp3) is 0.200. The molecule has 2 aromatic heterocycles. The lowest BCUT2D eigenvalue weighted by Crippen LogP contribution is -2.29. The van der Waals surface area contributed by atoms with Crippen molar-refractivity contribution in [3.05, 3.63) is 76.2 Å². The summed E-state index contributed by atoms with van der Waals surface area (Å²) in [5.41, 5.74) is 0.862. The average Bonchev–Trinajstić information content (AvgIpc) is 3.13. The summed E-state index contributed by atoms with van der Waals surface area (Å²) < 4.78 is 27.5. The maximum Gasteiger partial charge on any atom is 0.261 e. The number of nitrogens with one attached hydrogen (secondary N) is 1. The Labute approximate surface area is 168 Å². The zero-order valence-corrected chi connectivity index (χ0v) is 17.4. The summed E-state index contributed by atoms with van der Waals surface area (Å²) in [4.78, 5) is 20.7. The molecule has 0 aliphatic heterocycles. The van der Waals surface area contributed by atoms with Crippen molar-refractivity contribution < 1.29 is 13.2 Å². The van der Waals surface area contributed by atoms with Crippen molar-refractivity contribution in [3.8, 4) is 0 Å². The topological polar surface area (TPSA) is 79.4 Å². The van der Waals surface area contributed by atoms with Crippen molar-refractivity contribution in [2.75, 3.05) is 11.8 Å². The summed E-state index contributed by atoms with van der Waals surface area (Å²) in [6.45, 7) is 4.00. The Morgan fingerprint density at radius 2 is 1.71 bits per heavy atom. The molecule has 0 saturated heterocycles. The molecule has 0 aliphatic carbocycles. The maximum atomic E-state index is 12.8. The number of carbonyl (C=O) groups is 1. The Morgan fingerprint density at radius 1 is 1.07 bits per heavy atom. The molecule has 0 radical (unpaired) electrons.